The lowest BCUT2D eigenvalue weighted by Crippen LogP contribution is -2.40. The SMILES string of the molecule is CCc1cc(NC(=O)NC(C)C2COc3ccccc32)n(C)n1. The summed E-state index contributed by atoms with van der Waals surface area (Å²) in [5.74, 6) is 1.76. The van der Waals surface area contributed by atoms with Gasteiger partial charge in [0.15, 0.2) is 0 Å². The number of carbonyl (C=O) groups excluding carboxylic acids is 1. The van der Waals surface area contributed by atoms with Crippen LogP contribution in [0.25, 0.3) is 0 Å². The lowest BCUT2D eigenvalue weighted by Gasteiger charge is -2.20. The fraction of sp³-hybridized carbons (Fsp3) is 0.412. The van der Waals surface area contributed by atoms with E-state index in [2.05, 4.69) is 21.8 Å². The molecule has 1 aromatic carbocycles. The van der Waals surface area contributed by atoms with Crippen LogP contribution < -0.4 is 15.4 Å². The smallest absolute Gasteiger partial charge is 0.320 e. The molecule has 1 aliphatic heterocycles. The predicted octanol–water partition coefficient (Wildman–Crippen LogP) is 2.67. The molecule has 1 aliphatic rings. The van der Waals surface area contributed by atoms with E-state index >= 15 is 0 Å². The van der Waals surface area contributed by atoms with Gasteiger partial charge in [-0.1, -0.05) is 25.1 Å². The number of aryl methyl sites for hydroxylation is 2. The first-order valence-corrected chi connectivity index (χ1v) is 7.90. The van der Waals surface area contributed by atoms with Crippen LogP contribution >= 0.6 is 0 Å². The maximum absolute atomic E-state index is 12.2. The number of anilines is 1. The zero-order chi connectivity index (χ0) is 16.4. The standard InChI is InChI=1S/C17H22N4O2/c1-4-12-9-16(21(3)20-12)19-17(22)18-11(2)14-10-23-15-8-6-5-7-13(14)15/h5-9,11,14H,4,10H2,1-3H3,(H2,18,19,22). The fourth-order valence-electron chi connectivity index (χ4n) is 2.88. The van der Waals surface area contributed by atoms with Gasteiger partial charge in [-0.15, -0.1) is 0 Å². The molecule has 0 bridgehead atoms. The number of urea groups is 1. The third kappa shape index (κ3) is 3.16. The number of carbonyl (C=O) groups is 1. The molecule has 3 rings (SSSR count). The quantitative estimate of drug-likeness (QED) is 0.911. The van der Waals surface area contributed by atoms with Gasteiger partial charge in [0, 0.05) is 30.6 Å². The van der Waals surface area contributed by atoms with Crippen LogP contribution in [0.3, 0.4) is 0 Å². The molecule has 6 heteroatoms. The van der Waals surface area contributed by atoms with Gasteiger partial charge in [0.2, 0.25) is 0 Å². The Morgan fingerprint density at radius 3 is 3.00 bits per heavy atom. The lowest BCUT2D eigenvalue weighted by atomic mass is 9.94. The van der Waals surface area contributed by atoms with Gasteiger partial charge in [-0.3, -0.25) is 10.00 Å². The van der Waals surface area contributed by atoms with Crippen LogP contribution in [0.15, 0.2) is 30.3 Å². The van der Waals surface area contributed by atoms with E-state index in [1.807, 2.05) is 45.2 Å². The molecule has 23 heavy (non-hydrogen) atoms. The molecule has 0 spiro atoms. The second kappa shape index (κ2) is 6.32. The van der Waals surface area contributed by atoms with Crippen molar-refractivity contribution in [2.45, 2.75) is 32.2 Å². The van der Waals surface area contributed by atoms with E-state index in [0.717, 1.165) is 23.4 Å². The minimum atomic E-state index is -0.229. The molecule has 1 aromatic heterocycles. The molecule has 6 nitrogen and oxygen atoms in total. The first-order valence-electron chi connectivity index (χ1n) is 7.90. The first kappa shape index (κ1) is 15.4. The van der Waals surface area contributed by atoms with E-state index in [-0.39, 0.29) is 18.0 Å². The Balaban J connectivity index is 1.63. The Kier molecular flexibility index (Phi) is 4.23. The van der Waals surface area contributed by atoms with Crippen molar-refractivity contribution in [3.05, 3.63) is 41.6 Å². The van der Waals surface area contributed by atoms with E-state index in [1.165, 1.54) is 0 Å². The third-order valence-corrected chi connectivity index (χ3v) is 4.23. The average Bonchev–Trinajstić information content (AvgIpc) is 3.11. The Morgan fingerprint density at radius 2 is 2.26 bits per heavy atom. The highest BCUT2D eigenvalue weighted by atomic mass is 16.5. The number of para-hydroxylation sites is 1. The van der Waals surface area contributed by atoms with Gasteiger partial charge in [-0.05, 0) is 19.4 Å². The molecular weight excluding hydrogens is 292 g/mol. The van der Waals surface area contributed by atoms with Crippen LogP contribution in [0.4, 0.5) is 10.6 Å². The van der Waals surface area contributed by atoms with Gasteiger partial charge in [-0.2, -0.15) is 5.10 Å². The minimum Gasteiger partial charge on any atom is -0.493 e. The molecule has 2 heterocycles. The zero-order valence-electron chi connectivity index (χ0n) is 13.7. The van der Waals surface area contributed by atoms with Crippen LogP contribution in [0.5, 0.6) is 5.75 Å². The number of benzene rings is 1. The molecule has 122 valence electrons. The van der Waals surface area contributed by atoms with Crippen LogP contribution in [0.1, 0.15) is 31.0 Å². The topological polar surface area (TPSA) is 68.2 Å². The lowest BCUT2D eigenvalue weighted by molar-refractivity contribution is 0.244. The number of amides is 2. The Bertz CT molecular complexity index is 710. The highest BCUT2D eigenvalue weighted by Gasteiger charge is 2.29. The summed E-state index contributed by atoms with van der Waals surface area (Å²) in [4.78, 5) is 12.2. The predicted molar refractivity (Wildman–Crippen MR) is 88.9 cm³/mol. The van der Waals surface area contributed by atoms with E-state index in [9.17, 15) is 4.79 Å². The van der Waals surface area contributed by atoms with Crippen molar-refractivity contribution < 1.29 is 9.53 Å². The maximum Gasteiger partial charge on any atom is 0.320 e. The van der Waals surface area contributed by atoms with E-state index < -0.39 is 0 Å². The monoisotopic (exact) mass is 314 g/mol. The van der Waals surface area contributed by atoms with Gasteiger partial charge in [0.05, 0.1) is 12.3 Å². The molecule has 0 saturated heterocycles. The first-order chi connectivity index (χ1) is 11.1. The molecule has 2 unspecified atom stereocenters. The molecule has 2 amide bonds. The van der Waals surface area contributed by atoms with Crippen LogP contribution in [0.2, 0.25) is 0 Å². The van der Waals surface area contributed by atoms with Gasteiger partial charge < -0.3 is 10.1 Å². The summed E-state index contributed by atoms with van der Waals surface area (Å²) in [7, 11) is 1.82. The summed E-state index contributed by atoms with van der Waals surface area (Å²) in [5, 5.41) is 10.2. The van der Waals surface area contributed by atoms with Crippen molar-refractivity contribution >= 4 is 11.8 Å². The van der Waals surface area contributed by atoms with Crippen molar-refractivity contribution in [2.75, 3.05) is 11.9 Å². The van der Waals surface area contributed by atoms with Gasteiger partial charge in [0.1, 0.15) is 11.6 Å². The van der Waals surface area contributed by atoms with Crippen LogP contribution in [0, 0.1) is 0 Å². The number of nitrogens with zero attached hydrogens (tertiary/aromatic N) is 2. The van der Waals surface area contributed by atoms with Crippen molar-refractivity contribution in [3.8, 4) is 5.75 Å². The number of ether oxygens (including phenoxy) is 1. The van der Waals surface area contributed by atoms with Crippen molar-refractivity contribution in [2.24, 2.45) is 7.05 Å². The number of hydrogen-bond acceptors (Lipinski definition) is 3. The summed E-state index contributed by atoms with van der Waals surface area (Å²) < 4.78 is 7.36. The minimum absolute atomic E-state index is 0.0301. The maximum atomic E-state index is 12.2. The van der Waals surface area contributed by atoms with Crippen LogP contribution in [-0.2, 0) is 13.5 Å². The molecule has 2 atom stereocenters. The molecule has 2 N–H and O–H groups in total. The summed E-state index contributed by atoms with van der Waals surface area (Å²) in [5.41, 5.74) is 2.10. The number of hydrogen-bond donors (Lipinski definition) is 2. The highest BCUT2D eigenvalue weighted by molar-refractivity contribution is 5.88. The van der Waals surface area contributed by atoms with E-state index in [4.69, 9.17) is 4.74 Å². The summed E-state index contributed by atoms with van der Waals surface area (Å²) in [6.45, 7) is 4.62. The Morgan fingerprint density at radius 1 is 1.48 bits per heavy atom. The normalized spacial score (nSPS) is 17.3. The molecule has 0 radical (unpaired) electrons. The average molecular weight is 314 g/mol. The molecule has 0 saturated carbocycles. The second-order valence-electron chi connectivity index (χ2n) is 5.84. The number of aromatic nitrogens is 2. The van der Waals surface area contributed by atoms with E-state index in [0.29, 0.717) is 12.4 Å². The molecule has 0 fully saturated rings. The molecule has 2 aromatic rings. The summed E-state index contributed by atoms with van der Waals surface area (Å²) in [6.07, 6.45) is 0.837. The summed E-state index contributed by atoms with van der Waals surface area (Å²) in [6, 6.07) is 9.60. The summed E-state index contributed by atoms with van der Waals surface area (Å²) >= 11 is 0. The van der Waals surface area contributed by atoms with E-state index in [1.54, 1.807) is 4.68 Å². The number of fused-ring (bicyclic) bond motifs is 1. The number of rotatable bonds is 4. The molecular formula is C17H22N4O2. The van der Waals surface area contributed by atoms with Crippen molar-refractivity contribution in [1.29, 1.82) is 0 Å². The second-order valence-corrected chi connectivity index (χ2v) is 5.84. The highest BCUT2D eigenvalue weighted by Crippen LogP contribution is 2.35. The van der Waals surface area contributed by atoms with Crippen molar-refractivity contribution in [1.82, 2.24) is 15.1 Å². The van der Waals surface area contributed by atoms with Gasteiger partial charge in [-0.25, -0.2) is 4.79 Å². The Hall–Kier alpha value is -2.50. The van der Waals surface area contributed by atoms with Gasteiger partial charge >= 0.3 is 6.03 Å². The largest absolute Gasteiger partial charge is 0.493 e. The van der Waals surface area contributed by atoms with Gasteiger partial charge in [0.25, 0.3) is 0 Å². The fourth-order valence-corrected chi connectivity index (χ4v) is 2.88. The Labute approximate surface area is 135 Å². The third-order valence-electron chi connectivity index (χ3n) is 4.23. The number of nitrogens with one attached hydrogen (secondary N) is 2. The zero-order valence-corrected chi connectivity index (χ0v) is 13.7. The van der Waals surface area contributed by atoms with Crippen molar-refractivity contribution in [3.63, 3.8) is 0 Å². The molecule has 0 aliphatic carbocycles. The van der Waals surface area contributed by atoms with Crippen LogP contribution in [-0.4, -0.2) is 28.5 Å².